The van der Waals surface area contributed by atoms with Crippen molar-refractivity contribution >= 4 is 11.7 Å². The molecule has 1 amide bonds. The molecule has 0 heterocycles. The largest absolute Gasteiger partial charge is 0.409 e. The van der Waals surface area contributed by atoms with Gasteiger partial charge in [-0.15, -0.1) is 0 Å². The summed E-state index contributed by atoms with van der Waals surface area (Å²) in [5, 5.41) is 14.4. The summed E-state index contributed by atoms with van der Waals surface area (Å²) >= 11 is 0. The van der Waals surface area contributed by atoms with E-state index in [1.54, 1.807) is 0 Å². The minimum atomic E-state index is -0.518. The highest BCUT2D eigenvalue weighted by Gasteiger charge is 2.23. The number of carbonyl (C=O) groups is 1. The first kappa shape index (κ1) is 14.7. The molecule has 0 aromatic heterocycles. The van der Waals surface area contributed by atoms with Gasteiger partial charge in [0.2, 0.25) is 5.91 Å². The molecule has 0 radical (unpaired) electrons. The Morgan fingerprint density at radius 2 is 1.94 bits per heavy atom. The van der Waals surface area contributed by atoms with Crippen molar-refractivity contribution in [3.63, 3.8) is 0 Å². The third-order valence-electron chi connectivity index (χ3n) is 2.70. The summed E-state index contributed by atoms with van der Waals surface area (Å²) in [6.45, 7) is 6.00. The van der Waals surface area contributed by atoms with Gasteiger partial charge >= 0.3 is 0 Å². The van der Waals surface area contributed by atoms with Gasteiger partial charge in [-0.2, -0.15) is 0 Å². The molecular formula is C11H23N3O2. The zero-order valence-corrected chi connectivity index (χ0v) is 10.4. The van der Waals surface area contributed by atoms with Gasteiger partial charge in [-0.3, -0.25) is 4.79 Å². The van der Waals surface area contributed by atoms with Gasteiger partial charge in [0.25, 0.3) is 0 Å². The van der Waals surface area contributed by atoms with Crippen LogP contribution in [0.3, 0.4) is 0 Å². The van der Waals surface area contributed by atoms with Crippen molar-refractivity contribution in [2.24, 2.45) is 16.8 Å². The lowest BCUT2D eigenvalue weighted by Crippen LogP contribution is -2.43. The van der Waals surface area contributed by atoms with Gasteiger partial charge in [-0.1, -0.05) is 32.3 Å². The maximum atomic E-state index is 11.9. The van der Waals surface area contributed by atoms with Crippen molar-refractivity contribution in [3.05, 3.63) is 0 Å². The monoisotopic (exact) mass is 229 g/mol. The van der Waals surface area contributed by atoms with Gasteiger partial charge < -0.3 is 16.3 Å². The predicted octanol–water partition coefficient (Wildman–Crippen LogP) is 1.45. The van der Waals surface area contributed by atoms with E-state index < -0.39 is 5.92 Å². The van der Waals surface area contributed by atoms with Crippen LogP contribution in [0.25, 0.3) is 0 Å². The zero-order valence-electron chi connectivity index (χ0n) is 10.4. The van der Waals surface area contributed by atoms with Gasteiger partial charge in [-0.25, -0.2) is 0 Å². The van der Waals surface area contributed by atoms with Gasteiger partial charge in [0.1, 0.15) is 0 Å². The number of nitrogens with one attached hydrogen (secondary N) is 1. The Hall–Kier alpha value is -1.26. The quantitative estimate of drug-likeness (QED) is 0.267. The molecule has 0 saturated carbocycles. The molecule has 5 heteroatoms. The predicted molar refractivity (Wildman–Crippen MR) is 64.3 cm³/mol. The molecule has 0 saturated heterocycles. The molecule has 4 N–H and O–H groups in total. The Morgan fingerprint density at radius 3 is 2.31 bits per heavy atom. The SMILES string of the molecule is CCCC(C(=O)NC(CC)CC)C(N)=NO. The standard InChI is InChI=1S/C11H23N3O2/c1-4-7-9(10(12)14-16)11(15)13-8(5-2)6-3/h8-9,16H,4-7H2,1-3H3,(H2,12,14)(H,13,15). The minimum Gasteiger partial charge on any atom is -0.409 e. The Labute approximate surface area is 97.1 Å². The average Bonchev–Trinajstić information content (AvgIpc) is 2.31. The zero-order chi connectivity index (χ0) is 12.6. The topological polar surface area (TPSA) is 87.7 Å². The van der Waals surface area contributed by atoms with Crippen molar-refractivity contribution < 1.29 is 10.0 Å². The number of hydrogen-bond donors (Lipinski definition) is 3. The highest BCUT2D eigenvalue weighted by Crippen LogP contribution is 2.08. The van der Waals surface area contributed by atoms with Crippen molar-refractivity contribution in [1.82, 2.24) is 5.32 Å². The summed E-state index contributed by atoms with van der Waals surface area (Å²) in [5.41, 5.74) is 5.50. The van der Waals surface area contributed by atoms with E-state index in [1.165, 1.54) is 0 Å². The normalized spacial score (nSPS) is 13.9. The molecule has 1 atom stereocenters. The van der Waals surface area contributed by atoms with Crippen LogP contribution in [0.15, 0.2) is 5.16 Å². The summed E-state index contributed by atoms with van der Waals surface area (Å²) in [6.07, 6.45) is 3.19. The van der Waals surface area contributed by atoms with E-state index in [4.69, 9.17) is 10.9 Å². The third kappa shape index (κ3) is 4.51. The van der Waals surface area contributed by atoms with Gasteiger partial charge in [0.05, 0.1) is 5.92 Å². The van der Waals surface area contributed by atoms with E-state index in [-0.39, 0.29) is 17.8 Å². The molecule has 94 valence electrons. The van der Waals surface area contributed by atoms with Crippen molar-refractivity contribution in [2.45, 2.75) is 52.5 Å². The summed E-state index contributed by atoms with van der Waals surface area (Å²) in [5.74, 6) is -0.674. The van der Waals surface area contributed by atoms with Crippen LogP contribution in [-0.4, -0.2) is 23.0 Å². The molecule has 0 bridgehead atoms. The lowest BCUT2D eigenvalue weighted by molar-refractivity contribution is -0.124. The van der Waals surface area contributed by atoms with Gasteiger partial charge in [0.15, 0.2) is 5.84 Å². The molecule has 0 aromatic carbocycles. The fraction of sp³-hybridized carbons (Fsp3) is 0.818. The van der Waals surface area contributed by atoms with Crippen LogP contribution in [0.1, 0.15) is 46.5 Å². The number of carbonyl (C=O) groups excluding carboxylic acids is 1. The summed E-state index contributed by atoms with van der Waals surface area (Å²) in [6, 6.07) is 0.165. The highest BCUT2D eigenvalue weighted by atomic mass is 16.4. The molecule has 5 nitrogen and oxygen atoms in total. The van der Waals surface area contributed by atoms with Crippen LogP contribution in [0.4, 0.5) is 0 Å². The molecule has 0 fully saturated rings. The van der Waals surface area contributed by atoms with Gasteiger partial charge in [0, 0.05) is 6.04 Å². The van der Waals surface area contributed by atoms with Crippen LogP contribution < -0.4 is 11.1 Å². The van der Waals surface area contributed by atoms with E-state index >= 15 is 0 Å². The number of hydrogen-bond acceptors (Lipinski definition) is 3. The smallest absolute Gasteiger partial charge is 0.231 e. The summed E-state index contributed by atoms with van der Waals surface area (Å²) < 4.78 is 0. The lowest BCUT2D eigenvalue weighted by atomic mass is 10.0. The van der Waals surface area contributed by atoms with Crippen LogP contribution in [0, 0.1) is 5.92 Å². The van der Waals surface area contributed by atoms with E-state index in [0.29, 0.717) is 6.42 Å². The maximum absolute atomic E-state index is 11.9. The number of rotatable bonds is 7. The third-order valence-corrected chi connectivity index (χ3v) is 2.70. The van der Waals surface area contributed by atoms with Crippen LogP contribution in [-0.2, 0) is 4.79 Å². The second-order valence-corrected chi connectivity index (χ2v) is 3.89. The fourth-order valence-electron chi connectivity index (χ4n) is 1.57. The number of nitrogens with zero attached hydrogens (tertiary/aromatic N) is 1. The van der Waals surface area contributed by atoms with Gasteiger partial charge in [-0.05, 0) is 19.3 Å². The first-order valence-corrected chi connectivity index (χ1v) is 5.88. The molecule has 16 heavy (non-hydrogen) atoms. The maximum Gasteiger partial charge on any atom is 0.231 e. The number of nitrogens with two attached hydrogens (primary N) is 1. The molecule has 0 spiro atoms. The van der Waals surface area contributed by atoms with Crippen LogP contribution >= 0.6 is 0 Å². The van der Waals surface area contributed by atoms with E-state index in [1.807, 2.05) is 20.8 Å². The Balaban J connectivity index is 4.49. The van der Waals surface area contributed by atoms with E-state index in [2.05, 4.69) is 10.5 Å². The first-order valence-electron chi connectivity index (χ1n) is 5.88. The van der Waals surface area contributed by atoms with Crippen LogP contribution in [0.5, 0.6) is 0 Å². The van der Waals surface area contributed by atoms with Crippen LogP contribution in [0.2, 0.25) is 0 Å². The van der Waals surface area contributed by atoms with E-state index in [0.717, 1.165) is 19.3 Å². The molecule has 0 aliphatic heterocycles. The van der Waals surface area contributed by atoms with Crippen molar-refractivity contribution in [2.75, 3.05) is 0 Å². The average molecular weight is 229 g/mol. The fourth-order valence-corrected chi connectivity index (χ4v) is 1.57. The minimum absolute atomic E-state index is 0.00898. The second kappa shape index (κ2) is 7.96. The second-order valence-electron chi connectivity index (χ2n) is 3.89. The Kier molecular flexibility index (Phi) is 7.33. The van der Waals surface area contributed by atoms with E-state index in [9.17, 15) is 4.79 Å². The lowest BCUT2D eigenvalue weighted by Gasteiger charge is -2.19. The molecule has 0 aliphatic carbocycles. The number of amides is 1. The number of oxime groups is 1. The van der Waals surface area contributed by atoms with Crippen molar-refractivity contribution in [3.8, 4) is 0 Å². The van der Waals surface area contributed by atoms with Crippen molar-refractivity contribution in [1.29, 1.82) is 0 Å². The summed E-state index contributed by atoms with van der Waals surface area (Å²) in [4.78, 5) is 11.9. The molecular weight excluding hydrogens is 206 g/mol. The molecule has 0 aromatic rings. The molecule has 0 aliphatic rings. The molecule has 1 unspecified atom stereocenters. The molecule has 0 rings (SSSR count). The first-order chi connectivity index (χ1) is 7.60. The summed E-state index contributed by atoms with van der Waals surface area (Å²) in [7, 11) is 0. The Morgan fingerprint density at radius 1 is 1.38 bits per heavy atom. The number of amidine groups is 1. The highest BCUT2D eigenvalue weighted by molar-refractivity contribution is 6.02. The Bertz CT molecular complexity index is 237.